The monoisotopic (exact) mass is 473 g/mol. The molecule has 9 heteroatoms. The standard InChI is InChI=1S/C26H25N7O2.3H2/c1-16-23(31-21(14-30-16)18-8-11-29-22(12-18)26(2,3)15-27)25-33-32-24(35-25)17-4-6-19(7-5-17)34-20-9-10-28-13-20;;;/h4-8,11-12,14,20,28H,9-10,13H2,1-3H3;3*1H/t20-;;;/m1.../s1. The Morgan fingerprint density at radius 2 is 1.91 bits per heavy atom. The van der Waals surface area contributed by atoms with Crippen molar-refractivity contribution < 1.29 is 13.4 Å². The van der Waals surface area contributed by atoms with E-state index in [4.69, 9.17) is 14.1 Å². The molecular weight excluding hydrogens is 442 g/mol. The van der Waals surface area contributed by atoms with Gasteiger partial charge >= 0.3 is 0 Å². The molecule has 1 aliphatic heterocycles. The van der Waals surface area contributed by atoms with Crippen LogP contribution in [0.25, 0.3) is 34.3 Å². The molecule has 0 bridgehead atoms. The van der Waals surface area contributed by atoms with Gasteiger partial charge in [0.1, 0.15) is 17.5 Å². The Bertz CT molecular complexity index is 1400. The van der Waals surface area contributed by atoms with E-state index in [9.17, 15) is 5.26 Å². The molecule has 0 spiro atoms. The lowest BCUT2D eigenvalue weighted by molar-refractivity contribution is 0.223. The van der Waals surface area contributed by atoms with Crippen LogP contribution in [-0.2, 0) is 5.41 Å². The number of nitrogens with zero attached hydrogens (tertiary/aromatic N) is 6. The summed E-state index contributed by atoms with van der Waals surface area (Å²) in [6.45, 7) is 7.35. The maximum atomic E-state index is 9.46. The Morgan fingerprint density at radius 1 is 1.11 bits per heavy atom. The molecule has 1 fully saturated rings. The van der Waals surface area contributed by atoms with Crippen molar-refractivity contribution in [3.63, 3.8) is 0 Å². The molecule has 0 radical (unpaired) electrons. The molecule has 1 saturated heterocycles. The van der Waals surface area contributed by atoms with Gasteiger partial charge in [-0.25, -0.2) is 4.98 Å². The normalized spacial score (nSPS) is 15.7. The molecule has 35 heavy (non-hydrogen) atoms. The third-order valence-corrected chi connectivity index (χ3v) is 5.98. The summed E-state index contributed by atoms with van der Waals surface area (Å²) >= 11 is 0. The molecular formula is C26H31N7O2. The van der Waals surface area contributed by atoms with E-state index < -0.39 is 5.41 Å². The first-order valence-corrected chi connectivity index (χ1v) is 11.5. The van der Waals surface area contributed by atoms with E-state index in [0.29, 0.717) is 28.7 Å². The molecule has 1 atom stereocenters. The molecule has 4 heterocycles. The largest absolute Gasteiger partial charge is 0.489 e. The van der Waals surface area contributed by atoms with E-state index in [0.717, 1.165) is 36.4 Å². The lowest BCUT2D eigenvalue weighted by atomic mass is 9.90. The lowest BCUT2D eigenvalue weighted by Gasteiger charge is -2.15. The maximum absolute atomic E-state index is 9.46. The third kappa shape index (κ3) is 4.74. The average molecular weight is 474 g/mol. The van der Waals surface area contributed by atoms with Crippen LogP contribution >= 0.6 is 0 Å². The van der Waals surface area contributed by atoms with Crippen molar-refractivity contribution >= 4 is 0 Å². The van der Waals surface area contributed by atoms with Crippen LogP contribution in [0.15, 0.2) is 53.2 Å². The van der Waals surface area contributed by atoms with E-state index >= 15 is 0 Å². The van der Waals surface area contributed by atoms with Crippen LogP contribution in [0.4, 0.5) is 0 Å². The number of nitriles is 1. The van der Waals surface area contributed by atoms with Gasteiger partial charge in [0.05, 0.1) is 34.8 Å². The first-order valence-electron chi connectivity index (χ1n) is 11.5. The zero-order valence-electron chi connectivity index (χ0n) is 19.8. The Balaban J connectivity index is 0.00000169. The quantitative estimate of drug-likeness (QED) is 0.419. The molecule has 0 amide bonds. The molecule has 4 aromatic rings. The van der Waals surface area contributed by atoms with Crippen LogP contribution in [0.3, 0.4) is 0 Å². The summed E-state index contributed by atoms with van der Waals surface area (Å²) in [5, 5.41) is 21.2. The highest BCUT2D eigenvalue weighted by Crippen LogP contribution is 2.29. The summed E-state index contributed by atoms with van der Waals surface area (Å²) in [6, 6.07) is 13.6. The van der Waals surface area contributed by atoms with Crippen LogP contribution in [0.5, 0.6) is 5.75 Å². The number of nitrogens with one attached hydrogen (secondary N) is 1. The van der Waals surface area contributed by atoms with Gasteiger partial charge in [-0.05, 0) is 70.1 Å². The number of pyridine rings is 1. The molecule has 1 aromatic carbocycles. The van der Waals surface area contributed by atoms with Crippen molar-refractivity contribution in [1.82, 2.24) is 30.5 Å². The number of hydrogen-bond donors (Lipinski definition) is 1. The maximum Gasteiger partial charge on any atom is 0.268 e. The van der Waals surface area contributed by atoms with Gasteiger partial charge in [-0.3, -0.25) is 9.97 Å². The second-order valence-corrected chi connectivity index (χ2v) is 9.03. The fraction of sp³-hybridized carbons (Fsp3) is 0.308. The molecule has 182 valence electrons. The predicted octanol–water partition coefficient (Wildman–Crippen LogP) is 4.84. The highest BCUT2D eigenvalue weighted by molar-refractivity contribution is 5.64. The van der Waals surface area contributed by atoms with Crippen LogP contribution in [0.1, 0.15) is 35.9 Å². The molecule has 0 aliphatic carbocycles. The second-order valence-electron chi connectivity index (χ2n) is 9.03. The van der Waals surface area contributed by atoms with Gasteiger partial charge in [0.2, 0.25) is 5.89 Å². The number of aryl methyl sites for hydroxylation is 1. The molecule has 9 nitrogen and oxygen atoms in total. The second kappa shape index (κ2) is 9.24. The Hall–Kier alpha value is -4.16. The molecule has 0 saturated carbocycles. The van der Waals surface area contributed by atoms with Crippen LogP contribution in [0.2, 0.25) is 0 Å². The van der Waals surface area contributed by atoms with Gasteiger partial charge in [-0.15, -0.1) is 10.2 Å². The van der Waals surface area contributed by atoms with E-state index in [1.807, 2.05) is 57.2 Å². The van der Waals surface area contributed by atoms with Crippen molar-refractivity contribution in [2.75, 3.05) is 13.1 Å². The van der Waals surface area contributed by atoms with Crippen molar-refractivity contribution in [3.8, 4) is 46.1 Å². The summed E-state index contributed by atoms with van der Waals surface area (Å²) in [5.41, 5.74) is 3.35. The summed E-state index contributed by atoms with van der Waals surface area (Å²) < 4.78 is 11.9. The Morgan fingerprint density at radius 3 is 2.66 bits per heavy atom. The van der Waals surface area contributed by atoms with Gasteiger partial charge in [0.25, 0.3) is 5.89 Å². The molecule has 5 rings (SSSR count). The summed E-state index contributed by atoms with van der Waals surface area (Å²) in [7, 11) is 0. The molecule has 1 N–H and O–H groups in total. The molecule has 3 aromatic heterocycles. The van der Waals surface area contributed by atoms with Gasteiger partial charge in [-0.1, -0.05) is 0 Å². The minimum absolute atomic E-state index is 0. The minimum Gasteiger partial charge on any atom is -0.489 e. The Labute approximate surface area is 207 Å². The van der Waals surface area contributed by atoms with E-state index in [1.165, 1.54) is 0 Å². The smallest absolute Gasteiger partial charge is 0.268 e. The van der Waals surface area contributed by atoms with Crippen molar-refractivity contribution in [3.05, 3.63) is 60.2 Å². The highest BCUT2D eigenvalue weighted by Gasteiger charge is 2.23. The van der Waals surface area contributed by atoms with E-state index in [1.54, 1.807) is 12.4 Å². The third-order valence-electron chi connectivity index (χ3n) is 5.98. The Kier molecular flexibility index (Phi) is 5.97. The zero-order valence-corrected chi connectivity index (χ0v) is 19.8. The first-order chi connectivity index (χ1) is 16.9. The summed E-state index contributed by atoms with van der Waals surface area (Å²) in [4.78, 5) is 13.6. The van der Waals surface area contributed by atoms with Gasteiger partial charge < -0.3 is 14.5 Å². The van der Waals surface area contributed by atoms with Crippen molar-refractivity contribution in [2.24, 2.45) is 0 Å². The van der Waals surface area contributed by atoms with Crippen molar-refractivity contribution in [1.29, 1.82) is 5.26 Å². The summed E-state index contributed by atoms with van der Waals surface area (Å²) in [6.07, 6.45) is 4.57. The van der Waals surface area contributed by atoms with Gasteiger partial charge in [-0.2, -0.15) is 5.26 Å². The highest BCUT2D eigenvalue weighted by atomic mass is 16.5. The number of hydrogen-bond acceptors (Lipinski definition) is 9. The lowest BCUT2D eigenvalue weighted by Crippen LogP contribution is -2.19. The topological polar surface area (TPSA) is 123 Å². The first kappa shape index (κ1) is 22.6. The van der Waals surface area contributed by atoms with Crippen LogP contribution in [0, 0.1) is 18.3 Å². The SMILES string of the molecule is Cc1ncc(-c2ccnc(C(C)(C)C#N)c2)nc1-c1nnc(-c2ccc(O[C@@H]3CCNC3)cc2)o1.[HH].[HH].[HH]. The minimum atomic E-state index is -0.715. The van der Waals surface area contributed by atoms with Crippen LogP contribution < -0.4 is 10.1 Å². The average Bonchev–Trinajstić information content (AvgIpc) is 3.58. The van der Waals surface area contributed by atoms with E-state index in [-0.39, 0.29) is 16.3 Å². The van der Waals surface area contributed by atoms with Crippen LogP contribution in [-0.4, -0.2) is 44.3 Å². The number of benzene rings is 1. The fourth-order valence-corrected chi connectivity index (χ4v) is 3.81. The van der Waals surface area contributed by atoms with Crippen molar-refractivity contribution in [2.45, 2.75) is 38.7 Å². The van der Waals surface area contributed by atoms with Gasteiger partial charge in [0, 0.05) is 28.1 Å². The predicted molar refractivity (Wildman–Crippen MR) is 136 cm³/mol. The van der Waals surface area contributed by atoms with E-state index in [2.05, 4.69) is 31.6 Å². The number of ether oxygens (including phenoxy) is 1. The van der Waals surface area contributed by atoms with Gasteiger partial charge in [0.15, 0.2) is 0 Å². The number of aromatic nitrogens is 5. The molecule has 0 unspecified atom stereocenters. The summed E-state index contributed by atoms with van der Waals surface area (Å²) in [5.74, 6) is 1.49. The zero-order chi connectivity index (χ0) is 24.4. The molecule has 1 aliphatic rings. The number of rotatable bonds is 6. The fourth-order valence-electron chi connectivity index (χ4n) is 3.81.